The zero-order valence-corrected chi connectivity index (χ0v) is 11.4. The third kappa shape index (κ3) is 2.35. The van der Waals surface area contributed by atoms with Crippen molar-refractivity contribution in [2.45, 2.75) is 19.8 Å². The van der Waals surface area contributed by atoms with E-state index in [9.17, 15) is 0 Å². The summed E-state index contributed by atoms with van der Waals surface area (Å²) < 4.78 is 6.73. The molecule has 1 N–H and O–H groups in total. The summed E-state index contributed by atoms with van der Waals surface area (Å²) in [6.07, 6.45) is 4.13. The topological polar surface area (TPSA) is 34.2 Å². The summed E-state index contributed by atoms with van der Waals surface area (Å²) in [6, 6.07) is 4.21. The van der Waals surface area contributed by atoms with Crippen molar-refractivity contribution in [3.63, 3.8) is 0 Å². The number of nitrogens with zero attached hydrogens (tertiary/aromatic N) is 1. The highest BCUT2D eigenvalue weighted by atomic mass is 32.1. The predicted molar refractivity (Wildman–Crippen MR) is 76.3 cm³/mol. The van der Waals surface area contributed by atoms with Gasteiger partial charge in [0.2, 0.25) is 0 Å². The molecule has 0 amide bonds. The Labute approximate surface area is 111 Å². The number of hydrogen-bond donors (Lipinski definition) is 1. The molecule has 0 bridgehead atoms. The second-order valence-corrected chi connectivity index (χ2v) is 6.22. The van der Waals surface area contributed by atoms with Gasteiger partial charge in [-0.1, -0.05) is 6.92 Å². The van der Waals surface area contributed by atoms with E-state index >= 15 is 0 Å². The summed E-state index contributed by atoms with van der Waals surface area (Å²) in [6.45, 7) is 5.07. The zero-order valence-electron chi connectivity index (χ0n) is 10.6. The van der Waals surface area contributed by atoms with Crippen LogP contribution in [0, 0.1) is 5.41 Å². The van der Waals surface area contributed by atoms with Gasteiger partial charge in [-0.15, -0.1) is 11.3 Å². The van der Waals surface area contributed by atoms with E-state index in [1.165, 1.54) is 10.1 Å². The van der Waals surface area contributed by atoms with Gasteiger partial charge in [-0.3, -0.25) is 0 Å². The van der Waals surface area contributed by atoms with Gasteiger partial charge in [0.1, 0.15) is 5.82 Å². The fraction of sp³-hybridized carbons (Fsp3) is 0.500. The van der Waals surface area contributed by atoms with Gasteiger partial charge in [-0.2, -0.15) is 0 Å². The molecule has 0 spiro atoms. The highest BCUT2D eigenvalue weighted by Gasteiger charge is 2.27. The number of pyridine rings is 1. The Morgan fingerprint density at radius 1 is 1.39 bits per heavy atom. The average molecular weight is 262 g/mol. The van der Waals surface area contributed by atoms with Crippen LogP contribution in [0.15, 0.2) is 23.7 Å². The maximum absolute atomic E-state index is 5.43. The largest absolute Gasteiger partial charge is 0.381 e. The van der Waals surface area contributed by atoms with Crippen LogP contribution in [0.4, 0.5) is 5.82 Å². The molecule has 0 atom stereocenters. The fourth-order valence-electron chi connectivity index (χ4n) is 2.37. The Morgan fingerprint density at radius 2 is 2.22 bits per heavy atom. The van der Waals surface area contributed by atoms with E-state index in [4.69, 9.17) is 4.74 Å². The summed E-state index contributed by atoms with van der Waals surface area (Å²) in [5.41, 5.74) is 0.331. The molecule has 0 aromatic carbocycles. The molecule has 1 fully saturated rings. The van der Waals surface area contributed by atoms with Crippen LogP contribution in [-0.4, -0.2) is 24.7 Å². The van der Waals surface area contributed by atoms with Gasteiger partial charge in [0, 0.05) is 36.0 Å². The molecular weight excluding hydrogens is 244 g/mol. The first-order chi connectivity index (χ1) is 8.77. The van der Waals surface area contributed by atoms with Gasteiger partial charge < -0.3 is 10.1 Å². The van der Waals surface area contributed by atoms with Crippen LogP contribution < -0.4 is 5.32 Å². The second kappa shape index (κ2) is 4.86. The fourth-order valence-corrected chi connectivity index (χ4v) is 3.16. The van der Waals surface area contributed by atoms with Crippen molar-refractivity contribution in [2.24, 2.45) is 5.41 Å². The zero-order chi connectivity index (χ0) is 12.4. The molecular formula is C14H18N2OS. The second-order valence-electron chi connectivity index (χ2n) is 5.27. The quantitative estimate of drug-likeness (QED) is 0.919. The van der Waals surface area contributed by atoms with E-state index in [-0.39, 0.29) is 0 Å². The normalized spacial score (nSPS) is 18.9. The third-order valence-electron chi connectivity index (χ3n) is 3.76. The summed E-state index contributed by atoms with van der Waals surface area (Å²) in [5.74, 6) is 1.02. The van der Waals surface area contributed by atoms with Crippen molar-refractivity contribution in [3.8, 4) is 0 Å². The maximum atomic E-state index is 5.43. The lowest BCUT2D eigenvalue weighted by molar-refractivity contribution is 0.0300. The van der Waals surface area contributed by atoms with Crippen LogP contribution in [0.1, 0.15) is 19.8 Å². The van der Waals surface area contributed by atoms with Crippen LogP contribution in [0.3, 0.4) is 0 Å². The molecule has 0 radical (unpaired) electrons. The first-order valence-corrected chi connectivity index (χ1v) is 7.29. The minimum absolute atomic E-state index is 0.331. The van der Waals surface area contributed by atoms with E-state index < -0.39 is 0 Å². The SMILES string of the molecule is CC1(CNc2nccc3sccc23)CCOCC1. The lowest BCUT2D eigenvalue weighted by Crippen LogP contribution is -2.33. The van der Waals surface area contributed by atoms with Gasteiger partial charge in [0.15, 0.2) is 0 Å². The first-order valence-electron chi connectivity index (χ1n) is 6.41. The summed E-state index contributed by atoms with van der Waals surface area (Å²) in [5, 5.41) is 6.88. The number of thiophene rings is 1. The molecule has 3 heterocycles. The molecule has 96 valence electrons. The number of ether oxygens (including phenoxy) is 1. The molecule has 0 unspecified atom stereocenters. The third-order valence-corrected chi connectivity index (χ3v) is 4.64. The summed E-state index contributed by atoms with van der Waals surface area (Å²) in [7, 11) is 0. The van der Waals surface area contributed by atoms with Crippen molar-refractivity contribution in [2.75, 3.05) is 25.1 Å². The lowest BCUT2D eigenvalue weighted by atomic mass is 9.82. The van der Waals surface area contributed by atoms with Gasteiger partial charge in [0.25, 0.3) is 0 Å². The van der Waals surface area contributed by atoms with Gasteiger partial charge >= 0.3 is 0 Å². The van der Waals surface area contributed by atoms with Crippen LogP contribution >= 0.6 is 11.3 Å². The molecule has 1 aliphatic rings. The molecule has 0 saturated carbocycles. The Balaban J connectivity index is 1.74. The van der Waals surface area contributed by atoms with Crippen LogP contribution in [0.25, 0.3) is 10.1 Å². The molecule has 18 heavy (non-hydrogen) atoms. The average Bonchev–Trinajstić information content (AvgIpc) is 2.86. The summed E-state index contributed by atoms with van der Waals surface area (Å²) in [4.78, 5) is 4.46. The Bertz CT molecular complexity index is 531. The number of anilines is 1. The first kappa shape index (κ1) is 11.9. The standard InChI is InChI=1S/C14H18N2OS/c1-14(4-7-17-8-5-14)10-16-13-11-3-9-18-12(11)2-6-15-13/h2-3,6,9H,4-5,7-8,10H2,1H3,(H,15,16). The number of hydrogen-bond acceptors (Lipinski definition) is 4. The highest BCUT2D eigenvalue weighted by Crippen LogP contribution is 2.31. The minimum atomic E-state index is 0.331. The van der Waals surface area contributed by atoms with Crippen molar-refractivity contribution in [1.29, 1.82) is 0 Å². The number of nitrogens with one attached hydrogen (secondary N) is 1. The number of rotatable bonds is 3. The van der Waals surface area contributed by atoms with E-state index in [1.54, 1.807) is 11.3 Å². The monoisotopic (exact) mass is 262 g/mol. The van der Waals surface area contributed by atoms with E-state index in [2.05, 4.69) is 34.7 Å². The molecule has 4 heteroatoms. The smallest absolute Gasteiger partial charge is 0.134 e. The van der Waals surface area contributed by atoms with Crippen molar-refractivity contribution in [1.82, 2.24) is 4.98 Å². The van der Waals surface area contributed by atoms with Crippen LogP contribution in [-0.2, 0) is 4.74 Å². The Morgan fingerprint density at radius 3 is 3.06 bits per heavy atom. The molecule has 1 aliphatic heterocycles. The van der Waals surface area contributed by atoms with E-state index in [0.717, 1.165) is 38.4 Å². The Hall–Kier alpha value is -1.13. The van der Waals surface area contributed by atoms with Gasteiger partial charge in [0.05, 0.1) is 0 Å². The van der Waals surface area contributed by atoms with Crippen molar-refractivity contribution >= 4 is 27.2 Å². The molecule has 2 aromatic rings. The molecule has 0 aliphatic carbocycles. The van der Waals surface area contributed by atoms with Crippen molar-refractivity contribution in [3.05, 3.63) is 23.7 Å². The van der Waals surface area contributed by atoms with Crippen molar-refractivity contribution < 1.29 is 4.74 Å². The maximum Gasteiger partial charge on any atom is 0.134 e. The van der Waals surface area contributed by atoms with E-state index in [1.807, 2.05) is 6.20 Å². The minimum Gasteiger partial charge on any atom is -0.381 e. The molecule has 3 nitrogen and oxygen atoms in total. The number of aromatic nitrogens is 1. The molecule has 3 rings (SSSR count). The lowest BCUT2D eigenvalue weighted by Gasteiger charge is -2.33. The van der Waals surface area contributed by atoms with Gasteiger partial charge in [-0.25, -0.2) is 4.98 Å². The molecule has 2 aromatic heterocycles. The molecule has 1 saturated heterocycles. The van der Waals surface area contributed by atoms with E-state index in [0.29, 0.717) is 5.41 Å². The predicted octanol–water partition coefficient (Wildman–Crippen LogP) is 3.52. The summed E-state index contributed by atoms with van der Waals surface area (Å²) >= 11 is 1.76. The number of fused-ring (bicyclic) bond motifs is 1. The van der Waals surface area contributed by atoms with Gasteiger partial charge in [-0.05, 0) is 35.8 Å². The van der Waals surface area contributed by atoms with Crippen LogP contribution in [0.2, 0.25) is 0 Å². The van der Waals surface area contributed by atoms with Crippen LogP contribution in [0.5, 0.6) is 0 Å². The Kier molecular flexibility index (Phi) is 3.22. The highest BCUT2D eigenvalue weighted by molar-refractivity contribution is 7.17.